The first kappa shape index (κ1) is 25.4. The fourth-order valence-electron chi connectivity index (χ4n) is 2.99. The number of unbranched alkanes of at least 4 members (excludes halogenated alkanes) is 1. The number of anilines is 1. The van der Waals surface area contributed by atoms with Gasteiger partial charge in [-0.3, -0.25) is 4.57 Å². The number of halogens is 3. The molecule has 2 aromatic rings. The molecule has 0 bridgehead atoms. The molecule has 2 rings (SSSR count). The van der Waals surface area contributed by atoms with Gasteiger partial charge < -0.3 is 10.6 Å². The Morgan fingerprint density at radius 1 is 1.03 bits per heavy atom. The Morgan fingerprint density at radius 3 is 2.34 bits per heavy atom. The molecule has 2 aromatic carbocycles. The summed E-state index contributed by atoms with van der Waals surface area (Å²) in [5.74, 6) is -5.58. The van der Waals surface area contributed by atoms with Gasteiger partial charge in [-0.15, -0.1) is 0 Å². The highest BCUT2D eigenvalue weighted by atomic mass is 31.2. The van der Waals surface area contributed by atoms with E-state index >= 15 is 0 Å². The van der Waals surface area contributed by atoms with E-state index in [1.165, 1.54) is 24.3 Å². The predicted octanol–water partition coefficient (Wildman–Crippen LogP) is 4.21. The Kier molecular flexibility index (Phi) is 8.86. The molecule has 0 aromatic heterocycles. The van der Waals surface area contributed by atoms with Crippen molar-refractivity contribution in [3.8, 4) is 0 Å². The maximum absolute atomic E-state index is 12.7. The Morgan fingerprint density at radius 2 is 1.72 bits per heavy atom. The monoisotopic (exact) mass is 473 g/mol. The quantitative estimate of drug-likeness (QED) is 0.184. The molecular formula is C21H23F3NO6P. The van der Waals surface area contributed by atoms with Gasteiger partial charge in [-0.25, -0.2) is 19.4 Å². The van der Waals surface area contributed by atoms with E-state index in [0.29, 0.717) is 19.3 Å². The number of aryl methyl sites for hydroxylation is 1. The van der Waals surface area contributed by atoms with Crippen LogP contribution in [0.1, 0.15) is 29.9 Å². The molecule has 7 nitrogen and oxygen atoms in total. The number of benzene rings is 2. The van der Waals surface area contributed by atoms with Crippen LogP contribution in [0.5, 0.6) is 0 Å². The molecule has 0 heterocycles. The zero-order valence-corrected chi connectivity index (χ0v) is 17.9. The zero-order valence-electron chi connectivity index (χ0n) is 17.0. The molecule has 174 valence electrons. The SMILES string of the molecule is Nc1cccc(C(CP(=O)(O)CCCCc2ccccc2)C(=O)OOC(=O)C(F)(F)F)c1. The summed E-state index contributed by atoms with van der Waals surface area (Å²) in [4.78, 5) is 41.1. The van der Waals surface area contributed by atoms with Crippen LogP contribution in [0.4, 0.5) is 18.9 Å². The molecule has 2 unspecified atom stereocenters. The fourth-order valence-corrected chi connectivity index (χ4v) is 4.82. The second-order valence-electron chi connectivity index (χ2n) is 7.19. The highest BCUT2D eigenvalue weighted by molar-refractivity contribution is 7.58. The van der Waals surface area contributed by atoms with Gasteiger partial charge in [0, 0.05) is 18.0 Å². The maximum atomic E-state index is 12.7. The van der Waals surface area contributed by atoms with Gasteiger partial charge in [0.15, 0.2) is 0 Å². The molecule has 0 fully saturated rings. The molecule has 0 aliphatic carbocycles. The highest BCUT2D eigenvalue weighted by Crippen LogP contribution is 2.46. The minimum absolute atomic E-state index is 0.103. The van der Waals surface area contributed by atoms with E-state index in [0.717, 1.165) is 5.56 Å². The molecule has 0 amide bonds. The molecule has 0 saturated carbocycles. The first-order chi connectivity index (χ1) is 15.0. The topological polar surface area (TPSA) is 116 Å². The largest absolute Gasteiger partial charge is 0.495 e. The number of carbonyl (C=O) groups is 2. The van der Waals surface area contributed by atoms with Gasteiger partial charge >= 0.3 is 18.1 Å². The maximum Gasteiger partial charge on any atom is 0.495 e. The summed E-state index contributed by atoms with van der Waals surface area (Å²) in [7, 11) is -3.89. The molecule has 0 spiro atoms. The van der Waals surface area contributed by atoms with Crippen molar-refractivity contribution in [2.75, 3.05) is 18.1 Å². The number of nitrogen functional groups attached to an aromatic ring is 1. The lowest BCUT2D eigenvalue weighted by Gasteiger charge is -2.19. The Labute approximate surface area is 182 Å². The summed E-state index contributed by atoms with van der Waals surface area (Å²) >= 11 is 0. The van der Waals surface area contributed by atoms with Gasteiger partial charge in [-0.05, 0) is 42.5 Å². The summed E-state index contributed by atoms with van der Waals surface area (Å²) in [5.41, 5.74) is 7.13. The Bertz CT molecular complexity index is 968. The highest BCUT2D eigenvalue weighted by Gasteiger charge is 2.43. The molecule has 11 heteroatoms. The first-order valence-corrected chi connectivity index (χ1v) is 11.7. The Hall–Kier alpha value is -2.84. The zero-order chi connectivity index (χ0) is 23.8. The number of carbonyl (C=O) groups excluding carboxylic acids is 2. The summed E-state index contributed by atoms with van der Waals surface area (Å²) in [5, 5.41) is 0. The van der Waals surface area contributed by atoms with Gasteiger partial charge in [-0.1, -0.05) is 42.5 Å². The van der Waals surface area contributed by atoms with E-state index in [9.17, 15) is 32.2 Å². The van der Waals surface area contributed by atoms with E-state index in [-0.39, 0.29) is 17.4 Å². The third-order valence-electron chi connectivity index (χ3n) is 4.56. The van der Waals surface area contributed by atoms with Crippen molar-refractivity contribution in [2.24, 2.45) is 0 Å². The standard InChI is InChI=1S/C21H23F3NO6P/c22-21(23,24)20(27)31-30-19(26)18(16-10-6-11-17(25)13-16)14-32(28,29)12-5-4-9-15-7-2-1-3-8-15/h1-3,6-8,10-11,13,18H,4-5,9,12,14,25H2,(H,28,29). The number of nitrogens with two attached hydrogens (primary N) is 1. The van der Waals surface area contributed by atoms with Crippen molar-refractivity contribution < 1.29 is 42.0 Å². The van der Waals surface area contributed by atoms with E-state index < -0.39 is 37.6 Å². The van der Waals surface area contributed by atoms with Crippen molar-refractivity contribution >= 4 is 25.0 Å². The number of hydrogen-bond acceptors (Lipinski definition) is 6. The second kappa shape index (κ2) is 11.2. The number of rotatable bonds is 9. The predicted molar refractivity (Wildman–Crippen MR) is 111 cm³/mol. The molecule has 0 saturated heterocycles. The molecular weight excluding hydrogens is 450 g/mol. The van der Waals surface area contributed by atoms with Gasteiger partial charge in [-0.2, -0.15) is 13.2 Å². The van der Waals surface area contributed by atoms with Crippen molar-refractivity contribution in [1.82, 2.24) is 0 Å². The molecule has 0 radical (unpaired) electrons. The van der Waals surface area contributed by atoms with Crippen LogP contribution >= 0.6 is 7.37 Å². The van der Waals surface area contributed by atoms with E-state index in [1.54, 1.807) is 0 Å². The van der Waals surface area contributed by atoms with Crippen LogP contribution in [0.3, 0.4) is 0 Å². The summed E-state index contributed by atoms with van der Waals surface area (Å²) in [6.07, 6.45) is -4.35. The fraction of sp³-hybridized carbons (Fsp3) is 0.333. The molecule has 3 N–H and O–H groups in total. The van der Waals surface area contributed by atoms with Crippen LogP contribution in [0.15, 0.2) is 54.6 Å². The lowest BCUT2D eigenvalue weighted by molar-refractivity contribution is -0.286. The second-order valence-corrected chi connectivity index (χ2v) is 9.69. The van der Waals surface area contributed by atoms with Gasteiger partial charge in [0.25, 0.3) is 0 Å². The van der Waals surface area contributed by atoms with Crippen molar-refractivity contribution in [3.63, 3.8) is 0 Å². The van der Waals surface area contributed by atoms with Crippen LogP contribution in [-0.4, -0.2) is 35.3 Å². The van der Waals surface area contributed by atoms with Crippen molar-refractivity contribution in [3.05, 3.63) is 65.7 Å². The Balaban J connectivity index is 2.03. The first-order valence-electron chi connectivity index (χ1n) is 9.68. The summed E-state index contributed by atoms with van der Waals surface area (Å²) < 4.78 is 49.6. The van der Waals surface area contributed by atoms with Crippen LogP contribution in [0, 0.1) is 0 Å². The number of hydrogen-bond donors (Lipinski definition) is 2. The normalized spacial score (nSPS) is 14.2. The van der Waals surface area contributed by atoms with Crippen LogP contribution < -0.4 is 5.73 Å². The van der Waals surface area contributed by atoms with E-state index in [1.807, 2.05) is 30.3 Å². The smallest absolute Gasteiger partial charge is 0.399 e. The van der Waals surface area contributed by atoms with Crippen LogP contribution in [0.2, 0.25) is 0 Å². The van der Waals surface area contributed by atoms with Crippen molar-refractivity contribution in [1.29, 1.82) is 0 Å². The summed E-state index contributed by atoms with van der Waals surface area (Å²) in [6, 6.07) is 15.2. The van der Waals surface area contributed by atoms with Crippen LogP contribution in [0.25, 0.3) is 0 Å². The van der Waals surface area contributed by atoms with E-state index in [4.69, 9.17) is 5.73 Å². The minimum atomic E-state index is -5.36. The average Bonchev–Trinajstić information content (AvgIpc) is 2.73. The lowest BCUT2D eigenvalue weighted by Crippen LogP contribution is -2.29. The third kappa shape index (κ3) is 8.36. The van der Waals surface area contributed by atoms with Crippen molar-refractivity contribution in [2.45, 2.75) is 31.4 Å². The van der Waals surface area contributed by atoms with Gasteiger partial charge in [0.2, 0.25) is 7.37 Å². The molecule has 0 aliphatic heterocycles. The minimum Gasteiger partial charge on any atom is -0.399 e. The van der Waals surface area contributed by atoms with E-state index in [2.05, 4.69) is 9.78 Å². The van der Waals surface area contributed by atoms with Gasteiger partial charge in [0.05, 0.1) is 5.92 Å². The van der Waals surface area contributed by atoms with Gasteiger partial charge in [0.1, 0.15) is 0 Å². The molecule has 2 atom stereocenters. The molecule has 32 heavy (non-hydrogen) atoms. The van der Waals surface area contributed by atoms with Crippen LogP contribution in [-0.2, 0) is 30.4 Å². The molecule has 0 aliphatic rings. The summed E-state index contributed by atoms with van der Waals surface area (Å²) in [6.45, 7) is 0. The lowest BCUT2D eigenvalue weighted by atomic mass is 10.0. The average molecular weight is 473 g/mol. The third-order valence-corrected chi connectivity index (χ3v) is 6.51. The number of alkyl halides is 3.